The predicted octanol–water partition coefficient (Wildman–Crippen LogP) is 2.51. The van der Waals surface area contributed by atoms with Crippen molar-refractivity contribution in [2.45, 2.75) is 6.42 Å². The van der Waals surface area contributed by atoms with Crippen LogP contribution in [-0.2, 0) is 11.2 Å². The molecule has 98 valence electrons. The number of nitrogens with one attached hydrogen (secondary N) is 1. The first-order valence-corrected chi connectivity index (χ1v) is 6.44. The molecule has 0 atom stereocenters. The van der Waals surface area contributed by atoms with Crippen molar-refractivity contribution in [1.82, 2.24) is 4.98 Å². The molecular formula is C14H12BrNO3. The maximum Gasteiger partial charge on any atom is 0.343 e. The molecule has 0 fully saturated rings. The van der Waals surface area contributed by atoms with Crippen LogP contribution in [0.5, 0.6) is 0 Å². The lowest BCUT2D eigenvalue weighted by Crippen LogP contribution is -2.19. The molecule has 2 aromatic rings. The van der Waals surface area contributed by atoms with Crippen LogP contribution in [0, 0.1) is 0 Å². The molecule has 0 spiro atoms. The highest BCUT2D eigenvalue weighted by atomic mass is 79.9. The van der Waals surface area contributed by atoms with Crippen LogP contribution in [0.4, 0.5) is 0 Å². The Morgan fingerprint density at radius 3 is 2.74 bits per heavy atom. The molecule has 5 heteroatoms. The maximum absolute atomic E-state index is 11.7. The molecule has 2 rings (SSSR count). The highest BCUT2D eigenvalue weighted by Gasteiger charge is 2.10. The van der Waals surface area contributed by atoms with E-state index in [4.69, 9.17) is 0 Å². The van der Waals surface area contributed by atoms with Crippen LogP contribution in [0.15, 0.2) is 45.7 Å². The molecule has 0 amide bonds. The molecule has 1 N–H and O–H groups in total. The van der Waals surface area contributed by atoms with Crippen molar-refractivity contribution >= 4 is 21.9 Å². The molecule has 0 saturated heterocycles. The zero-order chi connectivity index (χ0) is 13.8. The fourth-order valence-corrected chi connectivity index (χ4v) is 2.20. The van der Waals surface area contributed by atoms with E-state index in [2.05, 4.69) is 25.7 Å². The Morgan fingerprint density at radius 2 is 2.11 bits per heavy atom. The number of aromatic amines is 1. The Labute approximate surface area is 118 Å². The SMILES string of the molecule is COC(=O)c1ccc(Cc2cccc(Br)c2)[nH]c1=O. The summed E-state index contributed by atoms with van der Waals surface area (Å²) >= 11 is 3.40. The van der Waals surface area contributed by atoms with Gasteiger partial charge < -0.3 is 9.72 Å². The van der Waals surface area contributed by atoms with Gasteiger partial charge in [0.1, 0.15) is 5.56 Å². The second-order valence-electron chi connectivity index (χ2n) is 4.02. The summed E-state index contributed by atoms with van der Waals surface area (Å²) in [6.07, 6.45) is 0.593. The standard InChI is InChI=1S/C14H12BrNO3/c1-19-14(18)12-6-5-11(16-13(12)17)8-9-3-2-4-10(15)7-9/h2-7H,8H2,1H3,(H,16,17). The van der Waals surface area contributed by atoms with E-state index in [9.17, 15) is 9.59 Å². The van der Waals surface area contributed by atoms with Gasteiger partial charge in [0, 0.05) is 16.6 Å². The Bertz CT molecular complexity index is 664. The summed E-state index contributed by atoms with van der Waals surface area (Å²) in [5.41, 5.74) is 1.39. The van der Waals surface area contributed by atoms with E-state index in [1.807, 2.05) is 24.3 Å². The first-order valence-electron chi connectivity index (χ1n) is 5.65. The second-order valence-corrected chi connectivity index (χ2v) is 4.94. The topological polar surface area (TPSA) is 59.2 Å². The van der Waals surface area contributed by atoms with Gasteiger partial charge in [-0.25, -0.2) is 4.79 Å². The van der Waals surface area contributed by atoms with E-state index in [0.29, 0.717) is 6.42 Å². The van der Waals surface area contributed by atoms with E-state index >= 15 is 0 Å². The van der Waals surface area contributed by atoms with Gasteiger partial charge in [0.15, 0.2) is 0 Å². The number of carbonyl (C=O) groups excluding carboxylic acids is 1. The van der Waals surface area contributed by atoms with Gasteiger partial charge in [-0.1, -0.05) is 28.1 Å². The number of hydrogen-bond donors (Lipinski definition) is 1. The summed E-state index contributed by atoms with van der Waals surface area (Å²) in [5.74, 6) is -0.629. The number of methoxy groups -OCH3 is 1. The van der Waals surface area contributed by atoms with Crippen LogP contribution in [-0.4, -0.2) is 18.1 Å². The summed E-state index contributed by atoms with van der Waals surface area (Å²) < 4.78 is 5.51. The zero-order valence-electron chi connectivity index (χ0n) is 10.3. The lowest BCUT2D eigenvalue weighted by molar-refractivity contribution is 0.0598. The number of rotatable bonds is 3. The van der Waals surface area contributed by atoms with Gasteiger partial charge in [-0.15, -0.1) is 0 Å². The van der Waals surface area contributed by atoms with E-state index in [1.54, 1.807) is 6.07 Å². The monoisotopic (exact) mass is 321 g/mol. The molecule has 0 radical (unpaired) electrons. The summed E-state index contributed by atoms with van der Waals surface area (Å²) in [4.78, 5) is 25.7. The molecule has 0 unspecified atom stereocenters. The third-order valence-electron chi connectivity index (χ3n) is 2.66. The van der Waals surface area contributed by atoms with Gasteiger partial charge in [0.05, 0.1) is 7.11 Å². The normalized spacial score (nSPS) is 10.2. The first kappa shape index (κ1) is 13.5. The van der Waals surface area contributed by atoms with Crippen molar-refractivity contribution in [2.75, 3.05) is 7.11 Å². The Balaban J connectivity index is 2.26. The molecule has 0 bridgehead atoms. The largest absolute Gasteiger partial charge is 0.465 e. The fraction of sp³-hybridized carbons (Fsp3) is 0.143. The number of esters is 1. The van der Waals surface area contributed by atoms with E-state index < -0.39 is 11.5 Å². The highest BCUT2D eigenvalue weighted by molar-refractivity contribution is 9.10. The van der Waals surface area contributed by atoms with E-state index in [-0.39, 0.29) is 5.56 Å². The molecule has 1 aromatic carbocycles. The average molecular weight is 322 g/mol. The molecule has 0 aliphatic carbocycles. The number of aromatic nitrogens is 1. The predicted molar refractivity (Wildman–Crippen MR) is 75.4 cm³/mol. The van der Waals surface area contributed by atoms with Gasteiger partial charge in [-0.3, -0.25) is 4.79 Å². The fourth-order valence-electron chi connectivity index (χ4n) is 1.76. The molecular weight excluding hydrogens is 310 g/mol. The number of carbonyl (C=O) groups is 1. The lowest BCUT2D eigenvalue weighted by atomic mass is 10.1. The van der Waals surface area contributed by atoms with Gasteiger partial charge in [0.2, 0.25) is 0 Å². The molecule has 0 aliphatic rings. The van der Waals surface area contributed by atoms with Gasteiger partial charge in [-0.2, -0.15) is 0 Å². The number of hydrogen-bond acceptors (Lipinski definition) is 3. The Hall–Kier alpha value is -1.88. The Morgan fingerprint density at radius 1 is 1.32 bits per heavy atom. The second kappa shape index (κ2) is 5.84. The minimum absolute atomic E-state index is 0.0143. The van der Waals surface area contributed by atoms with Crippen molar-refractivity contribution in [3.8, 4) is 0 Å². The number of halogens is 1. The third-order valence-corrected chi connectivity index (χ3v) is 3.15. The quantitative estimate of drug-likeness (QED) is 0.884. The van der Waals surface area contributed by atoms with Crippen LogP contribution in [0.2, 0.25) is 0 Å². The molecule has 0 saturated carbocycles. The number of ether oxygens (including phenoxy) is 1. The average Bonchev–Trinajstić information content (AvgIpc) is 2.38. The summed E-state index contributed by atoms with van der Waals surface area (Å²) in [5, 5.41) is 0. The van der Waals surface area contributed by atoms with Crippen LogP contribution < -0.4 is 5.56 Å². The van der Waals surface area contributed by atoms with Crippen LogP contribution in [0.3, 0.4) is 0 Å². The molecule has 1 aromatic heterocycles. The highest BCUT2D eigenvalue weighted by Crippen LogP contribution is 2.14. The van der Waals surface area contributed by atoms with Crippen LogP contribution in [0.1, 0.15) is 21.6 Å². The lowest BCUT2D eigenvalue weighted by Gasteiger charge is -2.04. The van der Waals surface area contributed by atoms with Gasteiger partial charge in [0.25, 0.3) is 5.56 Å². The zero-order valence-corrected chi connectivity index (χ0v) is 11.9. The number of H-pyrrole nitrogens is 1. The molecule has 4 nitrogen and oxygen atoms in total. The third kappa shape index (κ3) is 3.32. The van der Waals surface area contributed by atoms with E-state index in [0.717, 1.165) is 15.7 Å². The van der Waals surface area contributed by atoms with Crippen molar-refractivity contribution < 1.29 is 9.53 Å². The summed E-state index contributed by atoms with van der Waals surface area (Å²) in [7, 11) is 1.25. The minimum Gasteiger partial charge on any atom is -0.465 e. The Kier molecular flexibility index (Phi) is 4.16. The minimum atomic E-state index is -0.629. The number of pyridine rings is 1. The molecule has 1 heterocycles. The summed E-state index contributed by atoms with van der Waals surface area (Å²) in [6.45, 7) is 0. The van der Waals surface area contributed by atoms with Crippen LogP contribution >= 0.6 is 15.9 Å². The van der Waals surface area contributed by atoms with Crippen LogP contribution in [0.25, 0.3) is 0 Å². The van der Waals surface area contributed by atoms with Crippen molar-refractivity contribution in [3.05, 3.63) is 68.0 Å². The molecule has 19 heavy (non-hydrogen) atoms. The van der Waals surface area contributed by atoms with Gasteiger partial charge in [-0.05, 0) is 29.8 Å². The van der Waals surface area contributed by atoms with E-state index in [1.165, 1.54) is 13.2 Å². The van der Waals surface area contributed by atoms with Gasteiger partial charge >= 0.3 is 5.97 Å². The van der Waals surface area contributed by atoms with Crippen molar-refractivity contribution in [3.63, 3.8) is 0 Å². The summed E-state index contributed by atoms with van der Waals surface area (Å²) in [6, 6.07) is 11.0. The molecule has 0 aliphatic heterocycles. The maximum atomic E-state index is 11.7. The number of benzene rings is 1. The van der Waals surface area contributed by atoms with Crippen molar-refractivity contribution in [1.29, 1.82) is 0 Å². The first-order chi connectivity index (χ1) is 9.10. The van der Waals surface area contributed by atoms with Crippen molar-refractivity contribution in [2.24, 2.45) is 0 Å². The smallest absolute Gasteiger partial charge is 0.343 e.